The monoisotopic (exact) mass is 270 g/mol. The van der Waals surface area contributed by atoms with Crippen molar-refractivity contribution >= 4 is 12.0 Å². The minimum Gasteiger partial charge on any atom is -0.418 e. The fourth-order valence-corrected chi connectivity index (χ4v) is 1.45. The topological polar surface area (TPSA) is 87.7 Å². The van der Waals surface area contributed by atoms with Gasteiger partial charge >= 0.3 is 18.2 Å². The van der Waals surface area contributed by atoms with Gasteiger partial charge in [0.05, 0.1) is 6.04 Å². The van der Waals surface area contributed by atoms with Gasteiger partial charge in [-0.15, -0.1) is 0 Å². The molecular weight excluding hydrogens is 257 g/mol. The maximum atomic E-state index is 11.8. The lowest BCUT2D eigenvalue weighted by molar-refractivity contribution is -0.173. The number of aliphatic hydroxyl groups excluding tert-OH is 1. The van der Waals surface area contributed by atoms with Gasteiger partial charge in [0, 0.05) is 6.54 Å². The van der Waals surface area contributed by atoms with E-state index < -0.39 is 30.5 Å². The Morgan fingerprint density at radius 2 is 2.11 bits per heavy atom. The van der Waals surface area contributed by atoms with Crippen molar-refractivity contribution in [3.63, 3.8) is 0 Å². The zero-order chi connectivity index (χ0) is 13.8. The number of cyclic esters (lactones) is 1. The van der Waals surface area contributed by atoms with Crippen LogP contribution in [0, 0.1) is 0 Å². The van der Waals surface area contributed by atoms with Crippen LogP contribution in [0.15, 0.2) is 0 Å². The minimum absolute atomic E-state index is 0.115. The van der Waals surface area contributed by atoms with Crippen molar-refractivity contribution in [3.8, 4) is 0 Å². The highest BCUT2D eigenvalue weighted by Gasteiger charge is 2.38. The number of ether oxygens (including phenoxy) is 1. The third-order valence-corrected chi connectivity index (χ3v) is 2.36. The van der Waals surface area contributed by atoms with E-state index in [1.165, 1.54) is 0 Å². The van der Waals surface area contributed by atoms with E-state index in [1.54, 1.807) is 5.32 Å². The Morgan fingerprint density at radius 1 is 1.44 bits per heavy atom. The van der Waals surface area contributed by atoms with Crippen LogP contribution in [-0.4, -0.2) is 42.2 Å². The van der Waals surface area contributed by atoms with Crippen LogP contribution >= 0.6 is 0 Å². The molecule has 6 nitrogen and oxygen atoms in total. The molecule has 9 heteroatoms. The second kappa shape index (κ2) is 5.89. The Labute approximate surface area is 100 Å². The smallest absolute Gasteiger partial charge is 0.418 e. The molecule has 3 N–H and O–H groups in total. The summed E-state index contributed by atoms with van der Waals surface area (Å²) < 4.78 is 39.8. The van der Waals surface area contributed by atoms with Gasteiger partial charge in [-0.25, -0.2) is 4.79 Å². The van der Waals surface area contributed by atoms with Crippen LogP contribution in [-0.2, 0) is 9.53 Å². The molecule has 0 aromatic rings. The molecule has 0 aromatic carbocycles. The summed E-state index contributed by atoms with van der Waals surface area (Å²) in [5, 5.41) is 13.3. The third kappa shape index (κ3) is 4.40. The van der Waals surface area contributed by atoms with E-state index in [1.807, 2.05) is 0 Å². The molecule has 18 heavy (non-hydrogen) atoms. The summed E-state index contributed by atoms with van der Waals surface area (Å²) in [6.45, 7) is -0.115. The summed E-state index contributed by atoms with van der Waals surface area (Å²) in [4.78, 5) is 21.1. The van der Waals surface area contributed by atoms with E-state index in [0.29, 0.717) is 19.3 Å². The quantitative estimate of drug-likeness (QED) is 0.625. The van der Waals surface area contributed by atoms with E-state index >= 15 is 0 Å². The number of carbonyl (C=O) groups excluding carboxylic acids is 2. The molecule has 1 rings (SSSR count). The van der Waals surface area contributed by atoms with Gasteiger partial charge in [-0.2, -0.15) is 13.2 Å². The molecule has 0 saturated carbocycles. The first-order valence-corrected chi connectivity index (χ1v) is 5.31. The average Bonchev–Trinajstić information content (AvgIpc) is 2.55. The SMILES string of the molecule is O=C1NC(CCCCNC(=O)C(F)(F)F)C(O)O1. The van der Waals surface area contributed by atoms with Crippen LogP contribution in [0.3, 0.4) is 0 Å². The van der Waals surface area contributed by atoms with Crippen molar-refractivity contribution in [1.82, 2.24) is 10.6 Å². The molecule has 1 aliphatic rings. The number of amides is 2. The van der Waals surface area contributed by atoms with Crippen molar-refractivity contribution in [2.45, 2.75) is 37.8 Å². The first kappa shape index (κ1) is 14.6. The van der Waals surface area contributed by atoms with Gasteiger partial charge in [-0.3, -0.25) is 4.79 Å². The van der Waals surface area contributed by atoms with Crippen LogP contribution < -0.4 is 10.6 Å². The van der Waals surface area contributed by atoms with Crippen LogP contribution in [0.25, 0.3) is 0 Å². The molecule has 2 atom stereocenters. The molecule has 0 bridgehead atoms. The van der Waals surface area contributed by atoms with E-state index in [9.17, 15) is 27.9 Å². The molecule has 1 aliphatic heterocycles. The molecule has 1 heterocycles. The lowest BCUT2D eigenvalue weighted by atomic mass is 10.1. The zero-order valence-electron chi connectivity index (χ0n) is 9.29. The number of unbranched alkanes of at least 4 members (excludes halogenated alkanes) is 1. The second-order valence-electron chi connectivity index (χ2n) is 3.80. The van der Waals surface area contributed by atoms with E-state index in [-0.39, 0.29) is 6.54 Å². The Bertz CT molecular complexity index is 321. The summed E-state index contributed by atoms with van der Waals surface area (Å²) in [5.74, 6) is -1.97. The van der Waals surface area contributed by atoms with Gasteiger partial charge in [0.25, 0.3) is 0 Å². The van der Waals surface area contributed by atoms with Gasteiger partial charge in [-0.05, 0) is 19.3 Å². The first-order chi connectivity index (χ1) is 8.30. The number of nitrogens with one attached hydrogen (secondary N) is 2. The lowest BCUT2D eigenvalue weighted by Gasteiger charge is -2.11. The van der Waals surface area contributed by atoms with E-state index in [0.717, 1.165) is 0 Å². The minimum atomic E-state index is -4.87. The Morgan fingerprint density at radius 3 is 2.61 bits per heavy atom. The van der Waals surface area contributed by atoms with Crippen LogP contribution in [0.2, 0.25) is 0 Å². The third-order valence-electron chi connectivity index (χ3n) is 2.36. The predicted molar refractivity (Wildman–Crippen MR) is 52.3 cm³/mol. The van der Waals surface area contributed by atoms with Crippen molar-refractivity contribution in [2.75, 3.05) is 6.54 Å². The van der Waals surface area contributed by atoms with Gasteiger partial charge in [0.2, 0.25) is 6.29 Å². The van der Waals surface area contributed by atoms with Crippen LogP contribution in [0.5, 0.6) is 0 Å². The number of carbonyl (C=O) groups is 2. The summed E-state index contributed by atoms with van der Waals surface area (Å²) in [6.07, 6.45) is -5.73. The molecule has 2 amide bonds. The van der Waals surface area contributed by atoms with Gasteiger partial charge in [0.15, 0.2) is 0 Å². The second-order valence-corrected chi connectivity index (χ2v) is 3.80. The number of hydrogen-bond acceptors (Lipinski definition) is 4. The maximum absolute atomic E-state index is 11.8. The normalized spacial score (nSPS) is 23.4. The molecule has 104 valence electrons. The zero-order valence-corrected chi connectivity index (χ0v) is 9.29. The number of halogens is 3. The predicted octanol–water partition coefficient (Wildman–Crippen LogP) is 0.262. The highest BCUT2D eigenvalue weighted by atomic mass is 19.4. The largest absolute Gasteiger partial charge is 0.471 e. The summed E-state index contributed by atoms with van der Waals surface area (Å²) in [7, 11) is 0. The molecular formula is C9H13F3N2O4. The molecule has 0 aliphatic carbocycles. The lowest BCUT2D eigenvalue weighted by Crippen LogP contribution is -2.37. The number of aliphatic hydroxyl groups is 1. The summed E-state index contributed by atoms with van der Waals surface area (Å²) >= 11 is 0. The summed E-state index contributed by atoms with van der Waals surface area (Å²) in [5.41, 5.74) is 0. The highest BCUT2D eigenvalue weighted by molar-refractivity contribution is 5.81. The summed E-state index contributed by atoms with van der Waals surface area (Å²) in [6, 6.07) is -0.559. The van der Waals surface area contributed by atoms with E-state index in [4.69, 9.17) is 0 Å². The molecule has 0 aromatic heterocycles. The molecule has 0 radical (unpaired) electrons. The maximum Gasteiger partial charge on any atom is 0.471 e. The number of rotatable bonds is 5. The first-order valence-electron chi connectivity index (χ1n) is 5.31. The Hall–Kier alpha value is -1.51. The van der Waals surface area contributed by atoms with Crippen molar-refractivity contribution in [2.24, 2.45) is 0 Å². The Balaban J connectivity index is 2.09. The molecule has 1 saturated heterocycles. The van der Waals surface area contributed by atoms with E-state index in [2.05, 4.69) is 10.1 Å². The molecule has 2 unspecified atom stereocenters. The van der Waals surface area contributed by atoms with Gasteiger partial charge in [-0.1, -0.05) is 0 Å². The molecule has 1 fully saturated rings. The number of hydrogen-bond donors (Lipinski definition) is 3. The highest BCUT2D eigenvalue weighted by Crippen LogP contribution is 2.14. The number of alkyl halides is 3. The Kier molecular flexibility index (Phi) is 4.76. The van der Waals surface area contributed by atoms with Crippen LogP contribution in [0.4, 0.5) is 18.0 Å². The van der Waals surface area contributed by atoms with Crippen LogP contribution in [0.1, 0.15) is 19.3 Å². The van der Waals surface area contributed by atoms with Crippen molar-refractivity contribution < 1.29 is 32.6 Å². The average molecular weight is 270 g/mol. The standard InChI is InChI=1S/C9H13F3N2O4/c10-9(11,12)7(16)13-4-2-1-3-5-6(15)18-8(17)14-5/h5-6,15H,1-4H2,(H,13,16)(H,14,17). The van der Waals surface area contributed by atoms with Crippen molar-refractivity contribution in [3.05, 3.63) is 0 Å². The van der Waals surface area contributed by atoms with Gasteiger partial charge < -0.3 is 20.5 Å². The van der Waals surface area contributed by atoms with Crippen molar-refractivity contribution in [1.29, 1.82) is 0 Å². The molecule has 0 spiro atoms. The fourth-order valence-electron chi connectivity index (χ4n) is 1.45. The fraction of sp³-hybridized carbons (Fsp3) is 0.778. The van der Waals surface area contributed by atoms with Gasteiger partial charge in [0.1, 0.15) is 0 Å². The number of alkyl carbamates (subject to hydrolysis) is 1.